The third-order valence-corrected chi connectivity index (χ3v) is 1.68. The molecule has 9 heavy (non-hydrogen) atoms. The predicted molar refractivity (Wildman–Crippen MR) is 36.0 cm³/mol. The molecule has 0 heterocycles. The Kier molecular flexibility index (Phi) is 10.2. The van der Waals surface area contributed by atoms with Crippen LogP contribution in [0.2, 0.25) is 0 Å². The summed E-state index contributed by atoms with van der Waals surface area (Å²) in [5.41, 5.74) is 0. The van der Waals surface area contributed by atoms with Gasteiger partial charge in [-0.15, -0.1) is 0 Å². The molecule has 0 aromatic heterocycles. The summed E-state index contributed by atoms with van der Waals surface area (Å²) in [6.45, 7) is 0. The van der Waals surface area contributed by atoms with Crippen molar-refractivity contribution in [2.45, 2.75) is 6.42 Å². The third-order valence-electron chi connectivity index (χ3n) is 0.560. The van der Waals surface area contributed by atoms with Crippen molar-refractivity contribution >= 4 is 22.7 Å². The van der Waals surface area contributed by atoms with E-state index in [2.05, 4.69) is 12.6 Å². The molecule has 0 rings (SSSR count). The summed E-state index contributed by atoms with van der Waals surface area (Å²) in [7, 11) is -3.74. The third kappa shape index (κ3) is 13.1. The summed E-state index contributed by atoms with van der Waals surface area (Å²) in [6.07, 6.45) is 0.405. The van der Waals surface area contributed by atoms with Gasteiger partial charge in [-0.25, -0.2) is 0 Å². The molecule has 0 saturated heterocycles. The molecule has 0 aromatic rings. The summed E-state index contributed by atoms with van der Waals surface area (Å²) in [6, 6.07) is 0. The van der Waals surface area contributed by atoms with Crippen LogP contribution < -0.4 is 58.2 Å². The molecule has 0 aliphatic carbocycles. The van der Waals surface area contributed by atoms with Crippen molar-refractivity contribution in [2.24, 2.45) is 0 Å². The van der Waals surface area contributed by atoms with Crippen LogP contribution in [0.25, 0.3) is 0 Å². The first-order valence-electron chi connectivity index (χ1n) is 2.12. The molecule has 0 spiro atoms. The first-order chi connectivity index (χ1) is 3.56. The van der Waals surface area contributed by atoms with Crippen LogP contribution >= 0.6 is 12.6 Å². The first kappa shape index (κ1) is 13.6. The van der Waals surface area contributed by atoms with Gasteiger partial charge < -0.3 is 1.43 Å². The van der Waals surface area contributed by atoms with E-state index in [1.807, 2.05) is 0 Å². The Hall–Kier alpha value is 2.07. The molecule has 52 valence electrons. The zero-order valence-corrected chi connectivity index (χ0v) is 11.9. The molecule has 0 bridgehead atoms. The molecule has 0 aliphatic heterocycles. The SMILES string of the molecule is O=S(=O)(O)CCCS.[H-].[Rb+]. The molecule has 0 fully saturated rings. The van der Waals surface area contributed by atoms with Crippen molar-refractivity contribution in [1.82, 2.24) is 0 Å². The van der Waals surface area contributed by atoms with Crippen LogP contribution in [0.1, 0.15) is 7.85 Å². The van der Waals surface area contributed by atoms with E-state index >= 15 is 0 Å². The summed E-state index contributed by atoms with van der Waals surface area (Å²) in [4.78, 5) is 0. The minimum absolute atomic E-state index is 0. The molecule has 0 aromatic carbocycles. The second kappa shape index (κ2) is 6.76. The van der Waals surface area contributed by atoms with Gasteiger partial charge in [0.2, 0.25) is 0 Å². The Morgan fingerprint density at radius 3 is 2.11 bits per heavy atom. The zero-order valence-electron chi connectivity index (χ0n) is 6.24. The Morgan fingerprint density at radius 2 is 2.00 bits per heavy atom. The minimum atomic E-state index is -3.74. The van der Waals surface area contributed by atoms with Gasteiger partial charge in [-0.2, -0.15) is 21.0 Å². The fourth-order valence-corrected chi connectivity index (χ4v) is 1.13. The smallest absolute Gasteiger partial charge is 1.00 e. The standard InChI is InChI=1S/C3H8O3S2.Rb.H/c4-8(5,6)3-1-2-7;;/h7H,1-3H2,(H,4,5,6);;/q;+1;-1. The monoisotopic (exact) mass is 242 g/mol. The maximum Gasteiger partial charge on any atom is 1.00 e. The molecule has 3 nitrogen and oxygen atoms in total. The Morgan fingerprint density at radius 1 is 1.56 bits per heavy atom. The maximum absolute atomic E-state index is 9.91. The minimum Gasteiger partial charge on any atom is -1.00 e. The second-order valence-corrected chi connectivity index (χ2v) is 3.38. The van der Waals surface area contributed by atoms with Gasteiger partial charge in [-0.3, -0.25) is 4.55 Å². The fraction of sp³-hybridized carbons (Fsp3) is 1.00. The summed E-state index contributed by atoms with van der Waals surface area (Å²) >= 11 is 3.76. The van der Waals surface area contributed by atoms with Gasteiger partial charge in [-0.05, 0) is 12.2 Å². The van der Waals surface area contributed by atoms with E-state index in [-0.39, 0.29) is 65.4 Å². The van der Waals surface area contributed by atoms with Gasteiger partial charge in [0.05, 0.1) is 5.75 Å². The summed E-state index contributed by atoms with van der Waals surface area (Å²) < 4.78 is 27.9. The number of hydrogen-bond donors (Lipinski definition) is 2. The van der Waals surface area contributed by atoms with Crippen LogP contribution in [0.15, 0.2) is 0 Å². The predicted octanol–water partition coefficient (Wildman–Crippen LogP) is -2.69. The van der Waals surface area contributed by atoms with Crippen molar-refractivity contribution in [1.29, 1.82) is 0 Å². The Balaban J connectivity index is -0.000000245. The van der Waals surface area contributed by atoms with Crippen molar-refractivity contribution in [3.05, 3.63) is 0 Å². The quantitative estimate of drug-likeness (QED) is 0.419. The average Bonchev–Trinajstić information content (AvgIpc) is 1.59. The van der Waals surface area contributed by atoms with Gasteiger partial charge in [0.1, 0.15) is 0 Å². The van der Waals surface area contributed by atoms with E-state index in [0.29, 0.717) is 12.2 Å². The van der Waals surface area contributed by atoms with Gasteiger partial charge in [0.25, 0.3) is 10.1 Å². The molecular weight excluding hydrogens is 234 g/mol. The van der Waals surface area contributed by atoms with Crippen LogP contribution in [0.5, 0.6) is 0 Å². The molecule has 0 amide bonds. The normalized spacial score (nSPS) is 10.4. The number of hydrogen-bond acceptors (Lipinski definition) is 3. The molecule has 0 radical (unpaired) electrons. The van der Waals surface area contributed by atoms with Gasteiger partial charge in [0, 0.05) is 0 Å². The van der Waals surface area contributed by atoms with Crippen LogP contribution in [0, 0.1) is 0 Å². The van der Waals surface area contributed by atoms with Gasteiger partial charge in [-0.1, -0.05) is 0 Å². The Bertz CT molecular complexity index is 146. The summed E-state index contributed by atoms with van der Waals surface area (Å²) in [5, 5.41) is 0. The topological polar surface area (TPSA) is 54.4 Å². The Labute approximate surface area is 111 Å². The number of rotatable bonds is 3. The van der Waals surface area contributed by atoms with Crippen LogP contribution in [-0.4, -0.2) is 24.5 Å². The second-order valence-electron chi connectivity index (χ2n) is 1.36. The maximum atomic E-state index is 9.91. The van der Waals surface area contributed by atoms with Crippen molar-refractivity contribution in [2.75, 3.05) is 11.5 Å². The van der Waals surface area contributed by atoms with Crippen LogP contribution in [0.3, 0.4) is 0 Å². The summed E-state index contributed by atoms with van der Waals surface area (Å²) in [5.74, 6) is 0.302. The van der Waals surface area contributed by atoms with Crippen molar-refractivity contribution < 1.29 is 72.6 Å². The fourth-order valence-electron chi connectivity index (χ4n) is 0.247. The van der Waals surface area contributed by atoms with Crippen LogP contribution in [0.4, 0.5) is 0 Å². The van der Waals surface area contributed by atoms with Gasteiger partial charge >= 0.3 is 58.2 Å². The van der Waals surface area contributed by atoms with E-state index in [9.17, 15) is 8.42 Å². The van der Waals surface area contributed by atoms with E-state index in [4.69, 9.17) is 4.55 Å². The van der Waals surface area contributed by atoms with Crippen LogP contribution in [-0.2, 0) is 10.1 Å². The average molecular weight is 243 g/mol. The van der Waals surface area contributed by atoms with Crippen molar-refractivity contribution in [3.63, 3.8) is 0 Å². The molecule has 0 unspecified atom stereocenters. The van der Waals surface area contributed by atoms with E-state index < -0.39 is 10.1 Å². The molecule has 6 heteroatoms. The van der Waals surface area contributed by atoms with E-state index in [1.54, 1.807) is 0 Å². The molecular formula is C3H9O3RbS2. The first-order valence-corrected chi connectivity index (χ1v) is 4.36. The zero-order chi connectivity index (χ0) is 6.62. The van der Waals surface area contributed by atoms with Crippen molar-refractivity contribution in [3.8, 4) is 0 Å². The van der Waals surface area contributed by atoms with Gasteiger partial charge in [0.15, 0.2) is 0 Å². The molecule has 0 aliphatic rings. The molecule has 0 atom stereocenters. The number of thiol groups is 1. The van der Waals surface area contributed by atoms with E-state index in [1.165, 1.54) is 0 Å². The molecule has 1 N–H and O–H groups in total. The molecule has 0 saturated carbocycles. The largest absolute Gasteiger partial charge is 1.00 e. The van der Waals surface area contributed by atoms with E-state index in [0.717, 1.165) is 0 Å².